The summed E-state index contributed by atoms with van der Waals surface area (Å²) >= 11 is 5.88. The van der Waals surface area contributed by atoms with Gasteiger partial charge in [-0.05, 0) is 55.7 Å². The van der Waals surface area contributed by atoms with Crippen molar-refractivity contribution in [3.8, 4) is 5.75 Å². The number of anilines is 1. The minimum atomic E-state index is -3.71. The Balaban J connectivity index is 1.80. The highest BCUT2D eigenvalue weighted by atomic mass is 35.5. The molecule has 3 rings (SSSR count). The van der Waals surface area contributed by atoms with Crippen LogP contribution in [0.5, 0.6) is 5.75 Å². The van der Waals surface area contributed by atoms with E-state index in [1.165, 1.54) is 30.3 Å². The summed E-state index contributed by atoms with van der Waals surface area (Å²) in [5.74, 6) is -0.773. The van der Waals surface area contributed by atoms with Crippen LogP contribution >= 0.6 is 11.6 Å². The van der Waals surface area contributed by atoms with Gasteiger partial charge in [0.05, 0.1) is 9.92 Å². The molecule has 1 amide bonds. The first-order valence-electron chi connectivity index (χ1n) is 8.34. The smallest absolute Gasteiger partial charge is 0.387 e. The summed E-state index contributed by atoms with van der Waals surface area (Å²) in [5, 5.41) is 2.47. The van der Waals surface area contributed by atoms with Crippen LogP contribution in [0.25, 0.3) is 0 Å². The van der Waals surface area contributed by atoms with Gasteiger partial charge in [-0.3, -0.25) is 4.79 Å². The maximum absolute atomic E-state index is 12.6. The summed E-state index contributed by atoms with van der Waals surface area (Å²) in [7, 11) is -3.71. The second kappa shape index (κ2) is 8.02. The second-order valence-corrected chi connectivity index (χ2v) is 8.47. The first kappa shape index (κ1) is 20.5. The quantitative estimate of drug-likeness (QED) is 0.696. The van der Waals surface area contributed by atoms with E-state index in [0.29, 0.717) is 5.56 Å². The summed E-state index contributed by atoms with van der Waals surface area (Å²) in [6, 6.07) is 8.04. The Kier molecular flexibility index (Phi) is 5.87. The molecule has 2 aromatic carbocycles. The van der Waals surface area contributed by atoms with E-state index in [1.54, 1.807) is 13.0 Å². The largest absolute Gasteiger partial charge is 0.433 e. The number of benzene rings is 2. The summed E-state index contributed by atoms with van der Waals surface area (Å²) in [4.78, 5) is 12.6. The van der Waals surface area contributed by atoms with Crippen molar-refractivity contribution >= 4 is 33.2 Å². The van der Waals surface area contributed by atoms with E-state index >= 15 is 0 Å². The van der Waals surface area contributed by atoms with Crippen LogP contribution in [0.1, 0.15) is 28.8 Å². The van der Waals surface area contributed by atoms with Gasteiger partial charge in [0.25, 0.3) is 5.91 Å². The molecule has 0 aliphatic heterocycles. The number of sulfonamides is 1. The van der Waals surface area contributed by atoms with E-state index in [0.717, 1.165) is 12.8 Å². The molecule has 0 saturated heterocycles. The Bertz CT molecular complexity index is 1010. The Morgan fingerprint density at radius 2 is 1.93 bits per heavy atom. The van der Waals surface area contributed by atoms with Gasteiger partial charge in [0.15, 0.2) is 0 Å². The van der Waals surface area contributed by atoms with E-state index in [2.05, 4.69) is 14.8 Å². The van der Waals surface area contributed by atoms with Crippen molar-refractivity contribution in [2.24, 2.45) is 0 Å². The molecule has 0 heterocycles. The lowest BCUT2D eigenvalue weighted by molar-refractivity contribution is -0.0497. The molecule has 0 spiro atoms. The Hall–Kier alpha value is -2.23. The van der Waals surface area contributed by atoms with Gasteiger partial charge in [0, 0.05) is 17.3 Å². The Morgan fingerprint density at radius 3 is 2.54 bits per heavy atom. The first-order valence-corrected chi connectivity index (χ1v) is 10.2. The van der Waals surface area contributed by atoms with Gasteiger partial charge in [-0.1, -0.05) is 17.7 Å². The molecular formula is C18H17ClF2N2O4S. The standard InChI is InChI=1S/C18H17ClF2N2O4S/c1-10-2-6-13(28(25,26)23-11-3-4-11)9-14(10)17(24)22-12-5-7-16(15(19)8-12)27-18(20)21/h2,5-9,11,18,23H,3-4H2,1H3,(H,22,24). The molecule has 1 aliphatic rings. The molecule has 1 saturated carbocycles. The van der Waals surface area contributed by atoms with Gasteiger partial charge < -0.3 is 10.1 Å². The molecule has 0 bridgehead atoms. The minimum absolute atomic E-state index is 0.00568. The molecule has 0 aromatic heterocycles. The summed E-state index contributed by atoms with van der Waals surface area (Å²) in [5.41, 5.74) is 0.995. The third kappa shape index (κ3) is 4.98. The van der Waals surface area contributed by atoms with Crippen molar-refractivity contribution in [3.63, 3.8) is 0 Å². The topological polar surface area (TPSA) is 84.5 Å². The van der Waals surface area contributed by atoms with Crippen LogP contribution in [0.2, 0.25) is 5.02 Å². The van der Waals surface area contributed by atoms with Gasteiger partial charge >= 0.3 is 6.61 Å². The van der Waals surface area contributed by atoms with Crippen molar-refractivity contribution < 1.29 is 26.7 Å². The lowest BCUT2D eigenvalue weighted by Gasteiger charge is -2.12. The Morgan fingerprint density at radius 1 is 1.21 bits per heavy atom. The van der Waals surface area contributed by atoms with E-state index in [4.69, 9.17) is 11.6 Å². The highest BCUT2D eigenvalue weighted by molar-refractivity contribution is 7.89. The SMILES string of the molecule is Cc1ccc(S(=O)(=O)NC2CC2)cc1C(=O)Nc1ccc(OC(F)F)c(Cl)c1. The molecule has 2 N–H and O–H groups in total. The number of aryl methyl sites for hydroxylation is 1. The van der Waals surface area contributed by atoms with Gasteiger partial charge in [0.1, 0.15) is 5.75 Å². The fourth-order valence-corrected chi connectivity index (χ4v) is 4.03. The maximum Gasteiger partial charge on any atom is 0.387 e. The molecule has 10 heteroatoms. The number of hydrogen-bond donors (Lipinski definition) is 2. The zero-order chi connectivity index (χ0) is 20.5. The summed E-state index contributed by atoms with van der Waals surface area (Å²) in [6.07, 6.45) is 1.59. The van der Waals surface area contributed by atoms with E-state index in [9.17, 15) is 22.0 Å². The van der Waals surface area contributed by atoms with E-state index < -0.39 is 22.5 Å². The molecule has 6 nitrogen and oxygen atoms in total. The van der Waals surface area contributed by atoms with Crippen LogP contribution in [0.15, 0.2) is 41.3 Å². The molecule has 0 radical (unpaired) electrons. The third-order valence-corrected chi connectivity index (χ3v) is 5.88. The predicted molar refractivity (Wildman–Crippen MR) is 101 cm³/mol. The average Bonchev–Trinajstić information content (AvgIpc) is 3.40. The normalized spacial score (nSPS) is 14.2. The number of amides is 1. The molecule has 28 heavy (non-hydrogen) atoms. The average molecular weight is 431 g/mol. The number of hydrogen-bond acceptors (Lipinski definition) is 4. The van der Waals surface area contributed by atoms with Crippen LogP contribution in [0.3, 0.4) is 0 Å². The monoisotopic (exact) mass is 430 g/mol. The van der Waals surface area contributed by atoms with E-state index in [-0.39, 0.29) is 33.0 Å². The second-order valence-electron chi connectivity index (χ2n) is 6.35. The van der Waals surface area contributed by atoms with Gasteiger partial charge in [-0.15, -0.1) is 0 Å². The minimum Gasteiger partial charge on any atom is -0.433 e. The number of nitrogens with one attached hydrogen (secondary N) is 2. The van der Waals surface area contributed by atoms with Gasteiger partial charge in [-0.2, -0.15) is 8.78 Å². The van der Waals surface area contributed by atoms with Crippen molar-refractivity contribution in [2.75, 3.05) is 5.32 Å². The number of rotatable bonds is 7. The summed E-state index contributed by atoms with van der Waals surface area (Å²) < 4.78 is 56.1. The van der Waals surface area contributed by atoms with Gasteiger partial charge in [-0.25, -0.2) is 13.1 Å². The Labute approximate surface area is 165 Å². The number of carbonyl (C=O) groups excluding carboxylic acids is 1. The molecule has 150 valence electrons. The molecule has 2 aromatic rings. The highest BCUT2D eigenvalue weighted by Crippen LogP contribution is 2.29. The predicted octanol–water partition coefficient (Wildman–Crippen LogP) is 3.94. The van der Waals surface area contributed by atoms with Gasteiger partial charge in [0.2, 0.25) is 10.0 Å². The van der Waals surface area contributed by atoms with E-state index in [1.807, 2.05) is 0 Å². The zero-order valence-corrected chi connectivity index (χ0v) is 16.3. The highest BCUT2D eigenvalue weighted by Gasteiger charge is 2.28. The van der Waals surface area contributed by atoms with Crippen LogP contribution in [-0.4, -0.2) is 27.0 Å². The third-order valence-electron chi connectivity index (χ3n) is 4.07. The number of ether oxygens (including phenoxy) is 1. The molecule has 1 fully saturated rings. The number of carbonyl (C=O) groups is 1. The van der Waals surface area contributed by atoms with Crippen LogP contribution in [-0.2, 0) is 10.0 Å². The van der Waals surface area contributed by atoms with Crippen LogP contribution in [0, 0.1) is 6.92 Å². The first-order chi connectivity index (χ1) is 13.2. The van der Waals surface area contributed by atoms with Crippen molar-refractivity contribution in [3.05, 3.63) is 52.5 Å². The van der Waals surface area contributed by atoms with Crippen molar-refractivity contribution in [1.82, 2.24) is 4.72 Å². The molecule has 1 aliphatic carbocycles. The lowest BCUT2D eigenvalue weighted by Crippen LogP contribution is -2.26. The lowest BCUT2D eigenvalue weighted by atomic mass is 10.1. The number of alkyl halides is 2. The maximum atomic E-state index is 12.6. The van der Waals surface area contributed by atoms with Crippen LogP contribution in [0.4, 0.5) is 14.5 Å². The number of halogens is 3. The summed E-state index contributed by atoms with van der Waals surface area (Å²) in [6.45, 7) is -1.35. The molecular weight excluding hydrogens is 414 g/mol. The molecule has 0 unspecified atom stereocenters. The zero-order valence-electron chi connectivity index (χ0n) is 14.7. The fourth-order valence-electron chi connectivity index (χ4n) is 2.47. The molecule has 0 atom stereocenters. The van der Waals surface area contributed by atoms with Crippen molar-refractivity contribution in [1.29, 1.82) is 0 Å². The fraction of sp³-hybridized carbons (Fsp3) is 0.278. The van der Waals surface area contributed by atoms with Crippen LogP contribution < -0.4 is 14.8 Å². The van der Waals surface area contributed by atoms with Crippen molar-refractivity contribution in [2.45, 2.75) is 37.3 Å².